The second kappa shape index (κ2) is 9.16. The zero-order valence-corrected chi connectivity index (χ0v) is 17.0. The highest BCUT2D eigenvalue weighted by Gasteiger charge is 2.22. The number of aryl methyl sites for hydroxylation is 2. The predicted octanol–water partition coefficient (Wildman–Crippen LogP) is 4.70. The Morgan fingerprint density at radius 1 is 1.31 bits per heavy atom. The van der Waals surface area contributed by atoms with E-state index in [-0.39, 0.29) is 23.8 Å². The van der Waals surface area contributed by atoms with E-state index in [1.54, 1.807) is 6.07 Å². The second-order valence-electron chi connectivity index (χ2n) is 6.27. The summed E-state index contributed by atoms with van der Waals surface area (Å²) in [6, 6.07) is 10.8. The van der Waals surface area contributed by atoms with Gasteiger partial charge in [-0.05, 0) is 25.5 Å². The fraction of sp³-hybridized carbons (Fsp3) is 0.200. The molecule has 0 bridgehead atoms. The van der Waals surface area contributed by atoms with Crippen molar-refractivity contribution in [2.75, 3.05) is 12.5 Å². The lowest BCUT2D eigenvalue weighted by Gasteiger charge is -2.12. The highest BCUT2D eigenvalue weighted by molar-refractivity contribution is 7.13. The number of anilines is 1. The Morgan fingerprint density at radius 3 is 2.79 bits per heavy atom. The van der Waals surface area contributed by atoms with Crippen LogP contribution in [-0.2, 0) is 6.61 Å². The molecule has 3 aromatic rings. The van der Waals surface area contributed by atoms with E-state index in [2.05, 4.69) is 15.5 Å². The molecular weight excluding hydrogens is 392 g/mol. The van der Waals surface area contributed by atoms with Crippen LogP contribution in [0, 0.1) is 24.0 Å². The van der Waals surface area contributed by atoms with Crippen molar-refractivity contribution in [3.8, 4) is 11.5 Å². The van der Waals surface area contributed by atoms with E-state index in [0.717, 1.165) is 16.8 Å². The quantitative estimate of drug-likeness (QED) is 0.327. The molecule has 0 atom stereocenters. The molecule has 9 heteroatoms. The SMILES string of the molecule is COc1cc(/C=N\Nc2nc(C)cs2)cc([N+](=O)[O-])c1OCc1cccc(C)c1. The van der Waals surface area contributed by atoms with Gasteiger partial charge in [-0.2, -0.15) is 5.10 Å². The van der Waals surface area contributed by atoms with Crippen molar-refractivity contribution in [3.05, 3.63) is 74.3 Å². The topological polar surface area (TPSA) is 98.9 Å². The number of nitrogens with zero attached hydrogens (tertiary/aromatic N) is 3. The zero-order chi connectivity index (χ0) is 20.8. The van der Waals surface area contributed by atoms with Crippen molar-refractivity contribution >= 4 is 28.4 Å². The van der Waals surface area contributed by atoms with Crippen LogP contribution in [0.15, 0.2) is 46.9 Å². The lowest BCUT2D eigenvalue weighted by molar-refractivity contribution is -0.386. The van der Waals surface area contributed by atoms with Gasteiger partial charge in [-0.3, -0.25) is 15.5 Å². The Morgan fingerprint density at radius 2 is 2.14 bits per heavy atom. The molecule has 0 fully saturated rings. The average molecular weight is 412 g/mol. The van der Waals surface area contributed by atoms with Crippen molar-refractivity contribution in [1.29, 1.82) is 0 Å². The number of aromatic nitrogens is 1. The molecule has 150 valence electrons. The fourth-order valence-electron chi connectivity index (χ4n) is 2.64. The van der Waals surface area contributed by atoms with E-state index in [0.29, 0.717) is 10.7 Å². The summed E-state index contributed by atoms with van der Waals surface area (Å²) in [5, 5.41) is 18.2. The second-order valence-corrected chi connectivity index (χ2v) is 7.13. The van der Waals surface area contributed by atoms with Crippen LogP contribution in [0.5, 0.6) is 11.5 Å². The monoisotopic (exact) mass is 412 g/mol. The molecule has 8 nitrogen and oxygen atoms in total. The van der Waals surface area contributed by atoms with Gasteiger partial charge in [0.15, 0.2) is 5.75 Å². The van der Waals surface area contributed by atoms with E-state index in [1.165, 1.54) is 30.7 Å². The van der Waals surface area contributed by atoms with E-state index in [9.17, 15) is 10.1 Å². The van der Waals surface area contributed by atoms with Gasteiger partial charge in [0.2, 0.25) is 10.9 Å². The van der Waals surface area contributed by atoms with Crippen LogP contribution < -0.4 is 14.9 Å². The number of rotatable bonds is 8. The summed E-state index contributed by atoms with van der Waals surface area (Å²) in [6.45, 7) is 4.05. The molecule has 0 amide bonds. The summed E-state index contributed by atoms with van der Waals surface area (Å²) in [4.78, 5) is 15.3. The first kappa shape index (κ1) is 20.3. The molecule has 0 aliphatic carbocycles. The van der Waals surface area contributed by atoms with Crippen LogP contribution in [-0.4, -0.2) is 23.2 Å². The first-order valence-corrected chi connectivity index (χ1v) is 9.60. The third-order valence-corrected chi connectivity index (χ3v) is 4.80. The first-order chi connectivity index (χ1) is 14.0. The van der Waals surface area contributed by atoms with E-state index in [1.807, 2.05) is 43.5 Å². The van der Waals surface area contributed by atoms with Crippen molar-refractivity contribution in [2.24, 2.45) is 5.10 Å². The van der Waals surface area contributed by atoms with Crippen molar-refractivity contribution in [3.63, 3.8) is 0 Å². The van der Waals surface area contributed by atoms with Crippen LogP contribution in [0.2, 0.25) is 0 Å². The minimum absolute atomic E-state index is 0.0830. The molecule has 0 saturated carbocycles. The molecule has 1 heterocycles. The summed E-state index contributed by atoms with van der Waals surface area (Å²) >= 11 is 1.42. The molecule has 0 radical (unpaired) electrons. The lowest BCUT2D eigenvalue weighted by Crippen LogP contribution is -2.03. The van der Waals surface area contributed by atoms with Crippen molar-refractivity contribution < 1.29 is 14.4 Å². The number of hydrogen-bond acceptors (Lipinski definition) is 8. The van der Waals surface area contributed by atoms with Crippen LogP contribution in [0.4, 0.5) is 10.8 Å². The maximum Gasteiger partial charge on any atom is 0.315 e. The molecule has 3 rings (SSSR count). The van der Waals surface area contributed by atoms with Gasteiger partial charge in [0.05, 0.1) is 23.9 Å². The smallest absolute Gasteiger partial charge is 0.315 e. The number of methoxy groups -OCH3 is 1. The van der Waals surface area contributed by atoms with Crippen LogP contribution >= 0.6 is 11.3 Å². The summed E-state index contributed by atoms with van der Waals surface area (Å²) in [5.41, 5.74) is 5.99. The standard InChI is InChI=1S/C20H20N4O4S/c1-13-5-4-6-15(7-13)11-28-19-17(24(25)26)8-16(9-18(19)27-3)10-21-23-20-22-14(2)12-29-20/h4-10,12H,11H2,1-3H3,(H,22,23)/b21-10-. The number of thiazole rings is 1. The molecule has 0 aliphatic heterocycles. The Balaban J connectivity index is 1.83. The maximum absolute atomic E-state index is 11.6. The van der Waals surface area contributed by atoms with E-state index >= 15 is 0 Å². The Kier molecular flexibility index (Phi) is 6.40. The number of nitro groups is 1. The highest BCUT2D eigenvalue weighted by atomic mass is 32.1. The van der Waals surface area contributed by atoms with Gasteiger partial charge in [0, 0.05) is 17.0 Å². The molecule has 0 unspecified atom stereocenters. The number of nitrogens with one attached hydrogen (secondary N) is 1. The number of benzene rings is 2. The minimum Gasteiger partial charge on any atom is -0.493 e. The number of nitro benzene ring substituents is 1. The zero-order valence-electron chi connectivity index (χ0n) is 16.2. The molecular formula is C20H20N4O4S. The van der Waals surface area contributed by atoms with Crippen molar-refractivity contribution in [1.82, 2.24) is 4.98 Å². The van der Waals surface area contributed by atoms with Gasteiger partial charge in [-0.25, -0.2) is 4.98 Å². The normalized spacial score (nSPS) is 10.9. The average Bonchev–Trinajstić information content (AvgIpc) is 3.11. The Hall–Kier alpha value is -3.46. The Bertz CT molecular complexity index is 1050. The third-order valence-electron chi connectivity index (χ3n) is 3.93. The van der Waals surface area contributed by atoms with Gasteiger partial charge >= 0.3 is 5.69 Å². The van der Waals surface area contributed by atoms with Gasteiger partial charge in [0.1, 0.15) is 6.61 Å². The fourth-order valence-corrected chi connectivity index (χ4v) is 3.28. The van der Waals surface area contributed by atoms with Gasteiger partial charge in [0.25, 0.3) is 0 Å². The lowest BCUT2D eigenvalue weighted by atomic mass is 10.1. The number of hydrogen-bond donors (Lipinski definition) is 1. The summed E-state index contributed by atoms with van der Waals surface area (Å²) in [5.74, 6) is 0.345. The first-order valence-electron chi connectivity index (χ1n) is 8.72. The number of ether oxygens (including phenoxy) is 2. The van der Waals surface area contributed by atoms with Crippen LogP contribution in [0.1, 0.15) is 22.4 Å². The largest absolute Gasteiger partial charge is 0.493 e. The molecule has 29 heavy (non-hydrogen) atoms. The third kappa shape index (κ3) is 5.29. The number of hydrazone groups is 1. The molecule has 2 aromatic carbocycles. The van der Waals surface area contributed by atoms with Crippen molar-refractivity contribution in [2.45, 2.75) is 20.5 Å². The van der Waals surface area contributed by atoms with E-state index in [4.69, 9.17) is 9.47 Å². The highest BCUT2D eigenvalue weighted by Crippen LogP contribution is 2.38. The Labute approximate surface area is 172 Å². The molecule has 1 N–H and O–H groups in total. The van der Waals surface area contributed by atoms with Gasteiger partial charge < -0.3 is 9.47 Å². The predicted molar refractivity (Wildman–Crippen MR) is 113 cm³/mol. The minimum atomic E-state index is -0.497. The van der Waals surface area contributed by atoms with Crippen LogP contribution in [0.25, 0.3) is 0 Å². The summed E-state index contributed by atoms with van der Waals surface area (Å²) in [6.07, 6.45) is 1.47. The van der Waals surface area contributed by atoms with Gasteiger partial charge in [-0.1, -0.05) is 29.8 Å². The molecule has 0 spiro atoms. The summed E-state index contributed by atoms with van der Waals surface area (Å²) in [7, 11) is 1.44. The summed E-state index contributed by atoms with van der Waals surface area (Å²) < 4.78 is 11.1. The maximum atomic E-state index is 11.6. The van der Waals surface area contributed by atoms with Crippen LogP contribution in [0.3, 0.4) is 0 Å². The molecule has 0 saturated heterocycles. The molecule has 0 aliphatic rings. The van der Waals surface area contributed by atoms with Gasteiger partial charge in [-0.15, -0.1) is 11.3 Å². The molecule has 1 aromatic heterocycles. The van der Waals surface area contributed by atoms with E-state index < -0.39 is 4.92 Å².